The van der Waals surface area contributed by atoms with E-state index in [9.17, 15) is 14.4 Å². The fraction of sp³-hybridized carbons (Fsp3) is 0.125. The van der Waals surface area contributed by atoms with Gasteiger partial charge in [-0.1, -0.05) is 35.9 Å². The molecule has 6 heteroatoms. The molecule has 0 fully saturated rings. The zero-order chi connectivity index (χ0) is 21.3. The number of benzene rings is 3. The second-order valence-corrected chi connectivity index (χ2v) is 7.03. The van der Waals surface area contributed by atoms with Crippen LogP contribution in [0, 0.1) is 6.92 Å². The SMILES string of the molecule is COc1cccc(N(CN2C(=O)c3ccccc3C2=O)C(=O)c2cccc(C)c2)c1. The second-order valence-electron chi connectivity index (χ2n) is 7.03. The summed E-state index contributed by atoms with van der Waals surface area (Å²) in [6, 6.07) is 20.8. The minimum absolute atomic E-state index is 0.202. The number of ether oxygens (including phenoxy) is 1. The molecule has 150 valence electrons. The number of imide groups is 1. The summed E-state index contributed by atoms with van der Waals surface area (Å²) in [6.45, 7) is 1.70. The van der Waals surface area contributed by atoms with Crippen LogP contribution < -0.4 is 9.64 Å². The van der Waals surface area contributed by atoms with Crippen molar-refractivity contribution in [2.24, 2.45) is 0 Å². The Bertz CT molecular complexity index is 1120. The molecule has 3 aromatic rings. The van der Waals surface area contributed by atoms with Crippen LogP contribution in [-0.4, -0.2) is 36.4 Å². The molecule has 0 saturated carbocycles. The van der Waals surface area contributed by atoms with Gasteiger partial charge >= 0.3 is 0 Å². The summed E-state index contributed by atoms with van der Waals surface area (Å²) in [5.74, 6) is -0.582. The van der Waals surface area contributed by atoms with Crippen LogP contribution in [0.3, 0.4) is 0 Å². The minimum atomic E-state index is -0.416. The molecule has 30 heavy (non-hydrogen) atoms. The molecule has 3 aromatic carbocycles. The lowest BCUT2D eigenvalue weighted by molar-refractivity contribution is 0.0650. The number of hydrogen-bond donors (Lipinski definition) is 0. The van der Waals surface area contributed by atoms with Crippen molar-refractivity contribution in [1.82, 2.24) is 4.90 Å². The van der Waals surface area contributed by atoms with Gasteiger partial charge in [0.05, 0.1) is 18.2 Å². The van der Waals surface area contributed by atoms with Gasteiger partial charge in [-0.05, 0) is 43.3 Å². The van der Waals surface area contributed by atoms with Crippen molar-refractivity contribution in [2.45, 2.75) is 6.92 Å². The predicted molar refractivity (Wildman–Crippen MR) is 113 cm³/mol. The van der Waals surface area contributed by atoms with E-state index < -0.39 is 11.8 Å². The first kappa shape index (κ1) is 19.4. The topological polar surface area (TPSA) is 66.9 Å². The molecule has 0 bridgehead atoms. The number of amides is 3. The van der Waals surface area contributed by atoms with Crippen LogP contribution in [-0.2, 0) is 0 Å². The van der Waals surface area contributed by atoms with Gasteiger partial charge < -0.3 is 4.74 Å². The van der Waals surface area contributed by atoms with Gasteiger partial charge in [0, 0.05) is 17.3 Å². The monoisotopic (exact) mass is 400 g/mol. The van der Waals surface area contributed by atoms with Crippen molar-refractivity contribution in [3.63, 3.8) is 0 Å². The number of hydrogen-bond acceptors (Lipinski definition) is 4. The number of carbonyl (C=O) groups is 3. The number of anilines is 1. The quantitative estimate of drug-likeness (QED) is 0.609. The third kappa shape index (κ3) is 3.43. The Morgan fingerprint density at radius 2 is 1.57 bits per heavy atom. The summed E-state index contributed by atoms with van der Waals surface area (Å²) >= 11 is 0. The largest absolute Gasteiger partial charge is 0.497 e. The lowest BCUT2D eigenvalue weighted by Gasteiger charge is -2.27. The maximum atomic E-state index is 13.4. The zero-order valence-corrected chi connectivity index (χ0v) is 16.7. The van der Waals surface area contributed by atoms with Crippen LogP contribution in [0.5, 0.6) is 5.75 Å². The molecule has 0 unspecified atom stereocenters. The smallest absolute Gasteiger partial charge is 0.263 e. The van der Waals surface area contributed by atoms with E-state index in [4.69, 9.17) is 4.74 Å². The number of nitrogens with zero attached hydrogens (tertiary/aromatic N) is 2. The minimum Gasteiger partial charge on any atom is -0.497 e. The van der Waals surface area contributed by atoms with Crippen molar-refractivity contribution >= 4 is 23.4 Å². The average Bonchev–Trinajstić information content (AvgIpc) is 3.01. The van der Waals surface area contributed by atoms with Gasteiger partial charge in [-0.3, -0.25) is 24.2 Å². The van der Waals surface area contributed by atoms with Crippen LogP contribution in [0.25, 0.3) is 0 Å². The van der Waals surface area contributed by atoms with Gasteiger partial charge in [0.1, 0.15) is 12.4 Å². The normalized spacial score (nSPS) is 12.7. The third-order valence-corrected chi connectivity index (χ3v) is 5.04. The number of methoxy groups -OCH3 is 1. The maximum Gasteiger partial charge on any atom is 0.263 e. The highest BCUT2D eigenvalue weighted by molar-refractivity contribution is 6.22. The first-order valence-corrected chi connectivity index (χ1v) is 9.47. The summed E-state index contributed by atoms with van der Waals surface area (Å²) in [5, 5.41) is 0. The van der Waals surface area contributed by atoms with Crippen molar-refractivity contribution in [1.29, 1.82) is 0 Å². The Kier molecular flexibility index (Phi) is 5.06. The summed E-state index contributed by atoms with van der Waals surface area (Å²) in [7, 11) is 1.54. The summed E-state index contributed by atoms with van der Waals surface area (Å²) in [4.78, 5) is 41.6. The van der Waals surface area contributed by atoms with E-state index in [1.807, 2.05) is 13.0 Å². The average molecular weight is 400 g/mol. The molecule has 0 spiro atoms. The van der Waals surface area contributed by atoms with E-state index in [0.717, 1.165) is 10.5 Å². The van der Waals surface area contributed by atoms with E-state index >= 15 is 0 Å². The van der Waals surface area contributed by atoms with E-state index in [0.29, 0.717) is 28.1 Å². The van der Waals surface area contributed by atoms with Crippen LogP contribution in [0.15, 0.2) is 72.8 Å². The number of aryl methyl sites for hydroxylation is 1. The molecule has 1 heterocycles. The van der Waals surface area contributed by atoms with Crippen molar-refractivity contribution in [3.05, 3.63) is 95.1 Å². The zero-order valence-electron chi connectivity index (χ0n) is 16.7. The van der Waals surface area contributed by atoms with Gasteiger partial charge in [-0.15, -0.1) is 0 Å². The van der Waals surface area contributed by atoms with Crippen LogP contribution >= 0.6 is 0 Å². The Morgan fingerprint density at radius 1 is 0.900 bits per heavy atom. The van der Waals surface area contributed by atoms with Crippen LogP contribution in [0.4, 0.5) is 5.69 Å². The fourth-order valence-electron chi connectivity index (χ4n) is 3.48. The summed E-state index contributed by atoms with van der Waals surface area (Å²) in [5.41, 5.74) is 2.62. The van der Waals surface area contributed by atoms with E-state index in [2.05, 4.69) is 0 Å². The molecule has 0 aromatic heterocycles. The number of carbonyl (C=O) groups excluding carboxylic acids is 3. The first-order valence-electron chi connectivity index (χ1n) is 9.47. The molecule has 0 N–H and O–H groups in total. The maximum absolute atomic E-state index is 13.4. The molecule has 0 atom stereocenters. The molecule has 0 aliphatic carbocycles. The Labute approximate surface area is 174 Å². The van der Waals surface area contributed by atoms with Gasteiger partial charge in [0.15, 0.2) is 0 Å². The molecule has 4 rings (SSSR count). The van der Waals surface area contributed by atoms with Gasteiger partial charge in [0.2, 0.25) is 0 Å². The van der Waals surface area contributed by atoms with E-state index in [-0.39, 0.29) is 12.6 Å². The molecule has 0 saturated heterocycles. The van der Waals surface area contributed by atoms with Crippen LogP contribution in [0.2, 0.25) is 0 Å². The molecule has 6 nitrogen and oxygen atoms in total. The van der Waals surface area contributed by atoms with Crippen LogP contribution in [0.1, 0.15) is 36.6 Å². The Hall–Kier alpha value is -3.93. The lowest BCUT2D eigenvalue weighted by atomic mass is 10.1. The fourth-order valence-corrected chi connectivity index (χ4v) is 3.48. The number of rotatable bonds is 5. The number of fused-ring (bicyclic) bond motifs is 1. The molecular formula is C24H20N2O4. The highest BCUT2D eigenvalue weighted by Gasteiger charge is 2.37. The predicted octanol–water partition coefficient (Wildman–Crippen LogP) is 3.90. The standard InChI is InChI=1S/C24H20N2O4/c1-16-7-5-8-17(13-16)22(27)25(18-9-6-10-19(14-18)30-2)15-26-23(28)20-11-3-4-12-21(20)24(26)29/h3-14H,15H2,1-2H3. The van der Waals surface area contributed by atoms with Crippen molar-refractivity contribution in [2.75, 3.05) is 18.7 Å². The highest BCUT2D eigenvalue weighted by atomic mass is 16.5. The van der Waals surface area contributed by atoms with Crippen molar-refractivity contribution < 1.29 is 19.1 Å². The molecule has 3 amide bonds. The van der Waals surface area contributed by atoms with Gasteiger partial charge in [-0.2, -0.15) is 0 Å². The highest BCUT2D eigenvalue weighted by Crippen LogP contribution is 2.27. The van der Waals surface area contributed by atoms with E-state index in [1.54, 1.807) is 66.7 Å². The second kappa shape index (κ2) is 7.83. The first-order chi connectivity index (χ1) is 14.5. The summed E-state index contributed by atoms with van der Waals surface area (Å²) < 4.78 is 5.29. The Morgan fingerprint density at radius 3 is 2.20 bits per heavy atom. The van der Waals surface area contributed by atoms with Crippen molar-refractivity contribution in [3.8, 4) is 5.75 Å². The molecule has 0 radical (unpaired) electrons. The Balaban J connectivity index is 1.73. The lowest BCUT2D eigenvalue weighted by Crippen LogP contribution is -2.44. The summed E-state index contributed by atoms with van der Waals surface area (Å²) in [6.07, 6.45) is 0. The van der Waals surface area contributed by atoms with Gasteiger partial charge in [-0.25, -0.2) is 0 Å². The van der Waals surface area contributed by atoms with E-state index in [1.165, 1.54) is 12.0 Å². The molecular weight excluding hydrogens is 380 g/mol. The van der Waals surface area contributed by atoms with Gasteiger partial charge in [0.25, 0.3) is 17.7 Å². The molecule has 1 aliphatic rings. The third-order valence-electron chi connectivity index (χ3n) is 5.04. The molecule has 1 aliphatic heterocycles.